The van der Waals surface area contributed by atoms with Crippen molar-refractivity contribution in [3.05, 3.63) is 0 Å². The molecule has 1 rings (SSSR count). The Labute approximate surface area is 177 Å². The van der Waals surface area contributed by atoms with Crippen molar-refractivity contribution in [2.24, 2.45) is 5.41 Å². The Balaban J connectivity index is 2.86. The van der Waals surface area contributed by atoms with E-state index in [1.54, 1.807) is 0 Å². The van der Waals surface area contributed by atoms with Gasteiger partial charge in [0.05, 0.1) is 24.0 Å². The third-order valence-corrected chi connectivity index (χ3v) is 10.3. The molecular weight excluding hydrogens is 396 g/mol. The van der Waals surface area contributed by atoms with Gasteiger partial charge in [-0.1, -0.05) is 20.8 Å². The first kappa shape index (κ1) is 25.9. The first-order valence-electron chi connectivity index (χ1n) is 10.3. The number of halogens is 1. The topological polar surface area (TPSA) is 54.0 Å². The molecule has 0 amide bonds. The number of carbonyl (C=O) groups is 1. The van der Waals surface area contributed by atoms with Gasteiger partial charge < -0.3 is 18.6 Å². The summed E-state index contributed by atoms with van der Waals surface area (Å²) in [6, 6.07) is 0. The SMILES string of the molecule is CC1(C)O[C@@H]([C@@H](CCCOC(=O)C(C)(C)C)O[Si](C)(C)C(C)(C)C)[C@@H](CCl)O1. The average molecular weight is 437 g/mol. The van der Waals surface area contributed by atoms with Gasteiger partial charge in [0, 0.05) is 0 Å². The number of alkyl halides is 1. The summed E-state index contributed by atoms with van der Waals surface area (Å²) in [5.41, 5.74) is -0.493. The Morgan fingerprint density at radius 2 is 1.71 bits per heavy atom. The van der Waals surface area contributed by atoms with E-state index in [0.717, 1.165) is 6.42 Å². The van der Waals surface area contributed by atoms with Crippen LogP contribution in [0.1, 0.15) is 68.2 Å². The molecule has 7 heteroatoms. The van der Waals surface area contributed by atoms with Gasteiger partial charge in [-0.15, -0.1) is 11.6 Å². The highest BCUT2D eigenvalue weighted by Crippen LogP contribution is 2.40. The summed E-state index contributed by atoms with van der Waals surface area (Å²) in [4.78, 5) is 12.0. The summed E-state index contributed by atoms with van der Waals surface area (Å²) in [5.74, 6) is -0.516. The molecule has 3 atom stereocenters. The number of esters is 1. The van der Waals surface area contributed by atoms with Crippen LogP contribution in [0.2, 0.25) is 18.1 Å². The molecule has 1 fully saturated rings. The maximum absolute atomic E-state index is 12.0. The Morgan fingerprint density at radius 1 is 1.14 bits per heavy atom. The van der Waals surface area contributed by atoms with Crippen LogP contribution in [-0.2, 0) is 23.4 Å². The molecule has 0 bridgehead atoms. The lowest BCUT2D eigenvalue weighted by Gasteiger charge is -2.41. The molecule has 0 saturated carbocycles. The maximum atomic E-state index is 12.0. The fourth-order valence-corrected chi connectivity index (χ4v) is 4.41. The molecule has 0 aromatic heterocycles. The highest BCUT2D eigenvalue weighted by Gasteiger charge is 2.48. The van der Waals surface area contributed by atoms with Crippen LogP contribution >= 0.6 is 11.6 Å². The highest BCUT2D eigenvalue weighted by atomic mass is 35.5. The Bertz CT molecular complexity index is 522. The van der Waals surface area contributed by atoms with E-state index in [2.05, 4.69) is 33.9 Å². The Hall–Kier alpha value is -0.143. The quantitative estimate of drug-likeness (QED) is 0.217. The van der Waals surface area contributed by atoms with Crippen molar-refractivity contribution in [1.29, 1.82) is 0 Å². The van der Waals surface area contributed by atoms with Gasteiger partial charge in [-0.3, -0.25) is 4.79 Å². The van der Waals surface area contributed by atoms with Gasteiger partial charge in [-0.05, 0) is 65.6 Å². The van der Waals surface area contributed by atoms with Crippen molar-refractivity contribution < 1.29 is 23.4 Å². The lowest BCUT2D eigenvalue weighted by molar-refractivity contribution is -0.155. The van der Waals surface area contributed by atoms with Crippen LogP contribution < -0.4 is 0 Å². The predicted molar refractivity (Wildman–Crippen MR) is 116 cm³/mol. The summed E-state index contributed by atoms with van der Waals surface area (Å²) < 4.78 is 24.3. The zero-order valence-electron chi connectivity index (χ0n) is 19.5. The predicted octanol–water partition coefficient (Wildman–Crippen LogP) is 5.51. The van der Waals surface area contributed by atoms with Gasteiger partial charge in [-0.2, -0.15) is 0 Å². The van der Waals surface area contributed by atoms with Crippen LogP contribution in [-0.4, -0.2) is 50.9 Å². The molecule has 0 aromatic carbocycles. The van der Waals surface area contributed by atoms with Crippen LogP contribution in [0.15, 0.2) is 0 Å². The molecule has 0 unspecified atom stereocenters. The summed E-state index contributed by atoms with van der Waals surface area (Å²) in [6.45, 7) is 20.9. The lowest BCUT2D eigenvalue weighted by atomic mass is 9.97. The van der Waals surface area contributed by atoms with Crippen molar-refractivity contribution >= 4 is 25.9 Å². The number of hydrogen-bond donors (Lipinski definition) is 0. The fraction of sp³-hybridized carbons (Fsp3) is 0.952. The van der Waals surface area contributed by atoms with Gasteiger partial charge in [0.1, 0.15) is 12.2 Å². The average Bonchev–Trinajstić information content (AvgIpc) is 2.82. The minimum Gasteiger partial charge on any atom is -0.465 e. The molecule has 1 aliphatic heterocycles. The normalized spacial score (nSPS) is 24.2. The molecule has 0 radical (unpaired) electrons. The number of carbonyl (C=O) groups excluding carboxylic acids is 1. The zero-order valence-corrected chi connectivity index (χ0v) is 21.2. The van der Waals surface area contributed by atoms with Crippen LogP contribution in [0.3, 0.4) is 0 Å². The van der Waals surface area contributed by atoms with Crippen molar-refractivity contribution in [3.63, 3.8) is 0 Å². The molecular formula is C21H41ClO5Si. The Kier molecular flexibility index (Phi) is 8.63. The monoisotopic (exact) mass is 436 g/mol. The molecule has 0 spiro atoms. The van der Waals surface area contributed by atoms with Crippen LogP contribution in [0.25, 0.3) is 0 Å². The van der Waals surface area contributed by atoms with Gasteiger partial charge >= 0.3 is 5.97 Å². The van der Waals surface area contributed by atoms with E-state index in [-0.39, 0.29) is 29.3 Å². The van der Waals surface area contributed by atoms with E-state index >= 15 is 0 Å². The highest BCUT2D eigenvalue weighted by molar-refractivity contribution is 6.74. The molecule has 0 N–H and O–H groups in total. The van der Waals surface area contributed by atoms with E-state index in [1.807, 2.05) is 34.6 Å². The van der Waals surface area contributed by atoms with Crippen molar-refractivity contribution in [2.75, 3.05) is 12.5 Å². The number of rotatable bonds is 8. The smallest absolute Gasteiger partial charge is 0.311 e. The summed E-state index contributed by atoms with van der Waals surface area (Å²) >= 11 is 6.17. The number of ether oxygens (including phenoxy) is 3. The molecule has 1 aliphatic rings. The van der Waals surface area contributed by atoms with Gasteiger partial charge in [0.25, 0.3) is 0 Å². The van der Waals surface area contributed by atoms with E-state index in [4.69, 9.17) is 30.2 Å². The third-order valence-electron chi connectivity index (χ3n) is 5.47. The van der Waals surface area contributed by atoms with Gasteiger partial charge in [-0.25, -0.2) is 0 Å². The van der Waals surface area contributed by atoms with Crippen LogP contribution in [0, 0.1) is 5.41 Å². The molecule has 1 saturated heterocycles. The minimum absolute atomic E-state index is 0.0788. The van der Waals surface area contributed by atoms with E-state index in [0.29, 0.717) is 18.9 Å². The minimum atomic E-state index is -2.02. The molecule has 0 aromatic rings. The second kappa shape index (κ2) is 9.34. The van der Waals surface area contributed by atoms with E-state index < -0.39 is 19.5 Å². The standard InChI is InChI=1S/C21H41ClO5Si/c1-19(2,3)18(23)24-13-11-12-15(27-28(9,10)20(4,5)6)17-16(14-22)25-21(7,8)26-17/h15-17H,11-14H2,1-10H3/t15-,16-,17+/m1/s1. The lowest BCUT2D eigenvalue weighted by Crippen LogP contribution is -2.49. The maximum Gasteiger partial charge on any atom is 0.311 e. The number of hydrogen-bond acceptors (Lipinski definition) is 5. The van der Waals surface area contributed by atoms with Crippen molar-refractivity contribution in [2.45, 2.75) is 110 Å². The summed E-state index contributed by atoms with van der Waals surface area (Å²) in [5, 5.41) is 0.0788. The molecule has 28 heavy (non-hydrogen) atoms. The van der Waals surface area contributed by atoms with Gasteiger partial charge in [0.2, 0.25) is 0 Å². The third kappa shape index (κ3) is 7.28. The van der Waals surface area contributed by atoms with Crippen molar-refractivity contribution in [1.82, 2.24) is 0 Å². The summed E-state index contributed by atoms with van der Waals surface area (Å²) in [7, 11) is -2.02. The van der Waals surface area contributed by atoms with E-state index in [9.17, 15) is 4.79 Å². The van der Waals surface area contributed by atoms with E-state index in [1.165, 1.54) is 0 Å². The second-order valence-electron chi connectivity index (χ2n) is 10.7. The van der Waals surface area contributed by atoms with Crippen LogP contribution in [0.4, 0.5) is 0 Å². The van der Waals surface area contributed by atoms with Crippen molar-refractivity contribution in [3.8, 4) is 0 Å². The zero-order chi connectivity index (χ0) is 22.0. The van der Waals surface area contributed by atoms with Crippen LogP contribution in [0.5, 0.6) is 0 Å². The second-order valence-corrected chi connectivity index (χ2v) is 15.8. The first-order chi connectivity index (χ1) is 12.5. The van der Waals surface area contributed by atoms with Gasteiger partial charge in [0.15, 0.2) is 14.1 Å². The Morgan fingerprint density at radius 3 is 2.18 bits per heavy atom. The fourth-order valence-electron chi connectivity index (χ4n) is 2.81. The first-order valence-corrected chi connectivity index (χ1v) is 13.7. The molecule has 166 valence electrons. The summed E-state index contributed by atoms with van der Waals surface area (Å²) in [6.07, 6.45) is 0.820. The molecule has 0 aliphatic carbocycles. The largest absolute Gasteiger partial charge is 0.465 e. The molecule has 1 heterocycles. The molecule has 5 nitrogen and oxygen atoms in total.